The van der Waals surface area contributed by atoms with Gasteiger partial charge in [-0.3, -0.25) is 5.32 Å². The number of ether oxygens (including phenoxy) is 1. The molecule has 0 spiro atoms. The normalized spacial score (nSPS) is 31.1. The van der Waals surface area contributed by atoms with Gasteiger partial charge in [0.15, 0.2) is 0 Å². The zero-order valence-electron chi connectivity index (χ0n) is 8.57. The molecule has 2 nitrogen and oxygen atoms in total. The van der Waals surface area contributed by atoms with E-state index in [0.29, 0.717) is 6.04 Å². The van der Waals surface area contributed by atoms with Gasteiger partial charge in [-0.05, 0) is 32.3 Å². The number of hydrogen-bond acceptors (Lipinski definition) is 2. The van der Waals surface area contributed by atoms with Gasteiger partial charge in [-0.1, -0.05) is 23.8 Å². The first-order valence-corrected chi connectivity index (χ1v) is 5.27. The molecule has 2 rings (SSSR count). The fourth-order valence-corrected chi connectivity index (χ4v) is 1.89. The first-order chi connectivity index (χ1) is 6.84. The molecule has 1 aliphatic heterocycles. The lowest BCUT2D eigenvalue weighted by atomic mass is 9.97. The Balaban J connectivity index is 1.90. The summed E-state index contributed by atoms with van der Waals surface area (Å²) in [5.41, 5.74) is 1.53. The molecule has 14 heavy (non-hydrogen) atoms. The Kier molecular flexibility index (Phi) is 3.04. The monoisotopic (exact) mass is 191 g/mol. The summed E-state index contributed by atoms with van der Waals surface area (Å²) in [4.78, 5) is 0. The highest BCUT2D eigenvalue weighted by molar-refractivity contribution is 5.19. The highest BCUT2D eigenvalue weighted by Crippen LogP contribution is 2.19. The van der Waals surface area contributed by atoms with Crippen LogP contribution in [0.15, 0.2) is 36.1 Å². The van der Waals surface area contributed by atoms with Crippen LogP contribution in [0.3, 0.4) is 0 Å². The molecule has 0 aromatic heterocycles. The fraction of sp³-hybridized carbons (Fsp3) is 0.500. The summed E-state index contributed by atoms with van der Waals surface area (Å²) in [5.74, 6) is 0. The molecule has 2 heteroatoms. The number of allylic oxidation sites excluding steroid dienone is 3. The van der Waals surface area contributed by atoms with Crippen molar-refractivity contribution in [1.82, 2.24) is 5.32 Å². The van der Waals surface area contributed by atoms with Crippen LogP contribution in [-0.4, -0.2) is 12.3 Å². The summed E-state index contributed by atoms with van der Waals surface area (Å²) >= 11 is 0. The van der Waals surface area contributed by atoms with Gasteiger partial charge in [0.1, 0.15) is 6.23 Å². The smallest absolute Gasteiger partial charge is 0.146 e. The lowest BCUT2D eigenvalue weighted by molar-refractivity contribution is 0.104. The topological polar surface area (TPSA) is 21.3 Å². The van der Waals surface area contributed by atoms with Crippen LogP contribution in [0.4, 0.5) is 0 Å². The molecule has 1 heterocycles. The summed E-state index contributed by atoms with van der Waals surface area (Å²) < 4.78 is 5.27. The van der Waals surface area contributed by atoms with E-state index in [4.69, 9.17) is 4.74 Å². The Morgan fingerprint density at radius 3 is 3.21 bits per heavy atom. The molecule has 0 saturated carbocycles. The Bertz CT molecular complexity index is 278. The van der Waals surface area contributed by atoms with Gasteiger partial charge in [-0.15, -0.1) is 0 Å². The second kappa shape index (κ2) is 4.47. The average molecular weight is 191 g/mol. The van der Waals surface area contributed by atoms with Gasteiger partial charge in [0, 0.05) is 6.04 Å². The Morgan fingerprint density at radius 2 is 2.50 bits per heavy atom. The van der Waals surface area contributed by atoms with E-state index in [1.54, 1.807) is 0 Å². The molecule has 1 N–H and O–H groups in total. The third kappa shape index (κ3) is 2.48. The van der Waals surface area contributed by atoms with Crippen molar-refractivity contribution in [2.75, 3.05) is 0 Å². The lowest BCUT2D eigenvalue weighted by Gasteiger charge is -2.25. The molecule has 0 aromatic rings. The van der Waals surface area contributed by atoms with Crippen molar-refractivity contribution in [3.05, 3.63) is 36.1 Å². The molecule has 1 aliphatic carbocycles. The van der Waals surface area contributed by atoms with E-state index >= 15 is 0 Å². The van der Waals surface area contributed by atoms with Crippen LogP contribution in [0.5, 0.6) is 0 Å². The van der Waals surface area contributed by atoms with Gasteiger partial charge in [0.25, 0.3) is 0 Å². The van der Waals surface area contributed by atoms with E-state index in [-0.39, 0.29) is 6.23 Å². The molecule has 0 bridgehead atoms. The van der Waals surface area contributed by atoms with E-state index in [2.05, 4.69) is 29.6 Å². The maximum absolute atomic E-state index is 5.27. The van der Waals surface area contributed by atoms with Crippen LogP contribution in [0, 0.1) is 0 Å². The van der Waals surface area contributed by atoms with Crippen molar-refractivity contribution in [1.29, 1.82) is 0 Å². The molecule has 0 radical (unpaired) electrons. The fourth-order valence-electron chi connectivity index (χ4n) is 1.89. The molecule has 76 valence electrons. The summed E-state index contributed by atoms with van der Waals surface area (Å²) in [6, 6.07) is 0.441. The van der Waals surface area contributed by atoms with Crippen LogP contribution in [-0.2, 0) is 4.74 Å². The van der Waals surface area contributed by atoms with Crippen molar-refractivity contribution in [2.45, 2.75) is 38.5 Å². The van der Waals surface area contributed by atoms with Gasteiger partial charge < -0.3 is 4.74 Å². The highest BCUT2D eigenvalue weighted by atomic mass is 16.5. The maximum Gasteiger partial charge on any atom is 0.146 e. The minimum atomic E-state index is 0.143. The quantitative estimate of drug-likeness (QED) is 0.724. The van der Waals surface area contributed by atoms with E-state index < -0.39 is 0 Å². The van der Waals surface area contributed by atoms with E-state index in [1.165, 1.54) is 18.4 Å². The number of rotatable bonds is 2. The highest BCUT2D eigenvalue weighted by Gasteiger charge is 2.15. The standard InChI is InChI=1S/C12H17NO/c1-10-13-12(7-8-14-10)9-11-5-3-2-4-6-11/h2-3,5,7-8,10,12-13H,4,6,9H2,1H3. The third-order valence-corrected chi connectivity index (χ3v) is 2.62. The van der Waals surface area contributed by atoms with Crippen molar-refractivity contribution >= 4 is 0 Å². The van der Waals surface area contributed by atoms with Crippen LogP contribution in [0.1, 0.15) is 26.2 Å². The molecule has 0 saturated heterocycles. The molecule has 2 unspecified atom stereocenters. The van der Waals surface area contributed by atoms with E-state index in [1.807, 2.05) is 13.2 Å². The summed E-state index contributed by atoms with van der Waals surface area (Å²) in [6.45, 7) is 2.03. The van der Waals surface area contributed by atoms with E-state index in [9.17, 15) is 0 Å². The molecule has 0 aromatic carbocycles. The van der Waals surface area contributed by atoms with Crippen LogP contribution in [0.25, 0.3) is 0 Å². The largest absolute Gasteiger partial charge is 0.484 e. The molecular formula is C12H17NO. The van der Waals surface area contributed by atoms with E-state index in [0.717, 1.165) is 6.42 Å². The lowest BCUT2D eigenvalue weighted by Crippen LogP contribution is -2.39. The second-order valence-corrected chi connectivity index (χ2v) is 3.88. The van der Waals surface area contributed by atoms with Gasteiger partial charge in [-0.25, -0.2) is 0 Å². The summed E-state index contributed by atoms with van der Waals surface area (Å²) in [6.07, 6.45) is 14.2. The van der Waals surface area contributed by atoms with Crippen LogP contribution < -0.4 is 5.32 Å². The molecule has 2 aliphatic rings. The molecule has 0 fully saturated rings. The van der Waals surface area contributed by atoms with Crippen LogP contribution in [0.2, 0.25) is 0 Å². The minimum absolute atomic E-state index is 0.143. The van der Waals surface area contributed by atoms with Crippen molar-refractivity contribution in [2.24, 2.45) is 0 Å². The first kappa shape index (κ1) is 9.53. The van der Waals surface area contributed by atoms with Crippen molar-refractivity contribution in [3.8, 4) is 0 Å². The predicted molar refractivity (Wildman–Crippen MR) is 57.7 cm³/mol. The summed E-state index contributed by atoms with van der Waals surface area (Å²) in [5, 5.41) is 3.39. The minimum Gasteiger partial charge on any atom is -0.484 e. The van der Waals surface area contributed by atoms with Crippen LogP contribution >= 0.6 is 0 Å². The zero-order chi connectivity index (χ0) is 9.80. The molecular weight excluding hydrogens is 174 g/mol. The second-order valence-electron chi connectivity index (χ2n) is 3.88. The summed E-state index contributed by atoms with van der Waals surface area (Å²) in [7, 11) is 0. The van der Waals surface area contributed by atoms with Gasteiger partial charge >= 0.3 is 0 Å². The first-order valence-electron chi connectivity index (χ1n) is 5.27. The van der Waals surface area contributed by atoms with Gasteiger partial charge in [-0.2, -0.15) is 0 Å². The van der Waals surface area contributed by atoms with Gasteiger partial charge in [0.05, 0.1) is 6.26 Å². The Morgan fingerprint density at radius 1 is 1.57 bits per heavy atom. The third-order valence-electron chi connectivity index (χ3n) is 2.62. The average Bonchev–Trinajstić information content (AvgIpc) is 2.19. The van der Waals surface area contributed by atoms with Crippen molar-refractivity contribution < 1.29 is 4.74 Å². The maximum atomic E-state index is 5.27. The number of nitrogens with one attached hydrogen (secondary N) is 1. The molecule has 2 atom stereocenters. The predicted octanol–water partition coefficient (Wildman–Crippen LogP) is 2.50. The molecule has 0 amide bonds. The zero-order valence-corrected chi connectivity index (χ0v) is 8.57. The Hall–Kier alpha value is -1.02. The Labute approximate surface area is 85.3 Å². The van der Waals surface area contributed by atoms with Crippen molar-refractivity contribution in [3.63, 3.8) is 0 Å². The SMILES string of the molecule is CC1NC(CC2=CC=CCC2)C=CO1. The number of hydrogen-bond donors (Lipinski definition) is 1. The van der Waals surface area contributed by atoms with Gasteiger partial charge in [0.2, 0.25) is 0 Å².